The zero-order valence-electron chi connectivity index (χ0n) is 14.6. The summed E-state index contributed by atoms with van der Waals surface area (Å²) >= 11 is 0. The van der Waals surface area contributed by atoms with Crippen molar-refractivity contribution in [1.29, 1.82) is 0 Å². The van der Waals surface area contributed by atoms with Gasteiger partial charge in [0.15, 0.2) is 11.5 Å². The molecule has 6 nitrogen and oxygen atoms in total. The monoisotopic (exact) mass is 341 g/mol. The van der Waals surface area contributed by atoms with Crippen LogP contribution >= 0.6 is 0 Å². The van der Waals surface area contributed by atoms with Gasteiger partial charge >= 0.3 is 0 Å². The maximum Gasteiger partial charge on any atom is 0.274 e. The number of piperidine rings is 1. The lowest BCUT2D eigenvalue weighted by Crippen LogP contribution is -2.29. The molecule has 0 spiro atoms. The fourth-order valence-corrected chi connectivity index (χ4v) is 3.00. The third-order valence-electron chi connectivity index (χ3n) is 4.34. The van der Waals surface area contributed by atoms with Crippen LogP contribution in [0.5, 0.6) is 11.5 Å². The Hall–Kier alpha value is -2.76. The molecule has 1 fully saturated rings. The van der Waals surface area contributed by atoms with Crippen molar-refractivity contribution in [2.24, 2.45) is 0 Å². The van der Waals surface area contributed by atoms with E-state index in [0.29, 0.717) is 22.9 Å². The van der Waals surface area contributed by atoms with Crippen molar-refractivity contribution in [2.75, 3.05) is 37.5 Å². The number of methoxy groups -OCH3 is 2. The van der Waals surface area contributed by atoms with Gasteiger partial charge in [0.2, 0.25) is 0 Å². The number of amides is 1. The van der Waals surface area contributed by atoms with Crippen molar-refractivity contribution in [3.63, 3.8) is 0 Å². The number of nitrogens with zero attached hydrogens (tertiary/aromatic N) is 2. The first-order valence-corrected chi connectivity index (χ1v) is 8.45. The Balaban J connectivity index is 1.75. The minimum Gasteiger partial charge on any atom is -0.493 e. The molecule has 0 unspecified atom stereocenters. The lowest BCUT2D eigenvalue weighted by molar-refractivity contribution is 0.102. The van der Waals surface area contributed by atoms with Crippen LogP contribution < -0.4 is 19.7 Å². The summed E-state index contributed by atoms with van der Waals surface area (Å²) in [5.74, 6) is 0.937. The van der Waals surface area contributed by atoms with Crippen molar-refractivity contribution >= 4 is 17.3 Å². The molecule has 1 aromatic carbocycles. The molecule has 6 heteroatoms. The Bertz CT molecular complexity index is 742. The van der Waals surface area contributed by atoms with E-state index in [9.17, 15) is 4.79 Å². The molecule has 0 atom stereocenters. The van der Waals surface area contributed by atoms with Gasteiger partial charge in [0, 0.05) is 36.7 Å². The predicted molar refractivity (Wildman–Crippen MR) is 97.8 cm³/mol. The molecule has 1 aromatic heterocycles. The summed E-state index contributed by atoms with van der Waals surface area (Å²) in [4.78, 5) is 19.1. The van der Waals surface area contributed by atoms with Gasteiger partial charge < -0.3 is 19.7 Å². The highest BCUT2D eigenvalue weighted by molar-refractivity contribution is 6.03. The third-order valence-corrected chi connectivity index (χ3v) is 4.34. The summed E-state index contributed by atoms with van der Waals surface area (Å²) in [5, 5.41) is 2.86. The smallest absolute Gasteiger partial charge is 0.274 e. The van der Waals surface area contributed by atoms with Gasteiger partial charge in [0.25, 0.3) is 5.91 Å². The van der Waals surface area contributed by atoms with Crippen molar-refractivity contribution in [2.45, 2.75) is 19.3 Å². The molecule has 1 aliphatic heterocycles. The van der Waals surface area contributed by atoms with Gasteiger partial charge in [0.1, 0.15) is 5.69 Å². The van der Waals surface area contributed by atoms with Crippen LogP contribution in [0.1, 0.15) is 29.8 Å². The van der Waals surface area contributed by atoms with Crippen molar-refractivity contribution in [3.8, 4) is 11.5 Å². The number of carbonyl (C=O) groups is 1. The number of benzene rings is 1. The van der Waals surface area contributed by atoms with Crippen LogP contribution in [0.3, 0.4) is 0 Å². The number of carbonyl (C=O) groups excluding carboxylic acids is 1. The molecule has 0 aliphatic carbocycles. The van der Waals surface area contributed by atoms with E-state index in [4.69, 9.17) is 9.47 Å². The van der Waals surface area contributed by atoms with E-state index < -0.39 is 0 Å². The standard InChI is InChI=1S/C19H23N3O3/c1-24-17-7-6-14(12-18(17)25-2)21-19(23)16-13-15(8-9-20-16)22-10-4-3-5-11-22/h6-9,12-13H,3-5,10-11H2,1-2H3,(H,21,23). The molecule has 25 heavy (non-hydrogen) atoms. The van der Waals surface area contributed by atoms with Gasteiger partial charge in [-0.25, -0.2) is 0 Å². The molecular weight excluding hydrogens is 318 g/mol. The maximum atomic E-state index is 12.5. The summed E-state index contributed by atoms with van der Waals surface area (Å²) in [6.07, 6.45) is 5.34. The second kappa shape index (κ2) is 7.88. The van der Waals surface area contributed by atoms with Crippen molar-refractivity contribution in [1.82, 2.24) is 4.98 Å². The number of ether oxygens (including phenoxy) is 2. The zero-order chi connectivity index (χ0) is 17.6. The Morgan fingerprint density at radius 2 is 1.80 bits per heavy atom. The molecule has 0 radical (unpaired) electrons. The van der Waals surface area contributed by atoms with E-state index in [0.717, 1.165) is 18.8 Å². The van der Waals surface area contributed by atoms with E-state index in [1.54, 1.807) is 38.6 Å². The summed E-state index contributed by atoms with van der Waals surface area (Å²) in [6, 6.07) is 9.06. The Morgan fingerprint density at radius 3 is 2.52 bits per heavy atom. The SMILES string of the molecule is COc1ccc(NC(=O)c2cc(N3CCCCC3)ccn2)cc1OC. The fraction of sp³-hybridized carbons (Fsp3) is 0.368. The average molecular weight is 341 g/mol. The van der Waals surface area contributed by atoms with Crippen LogP contribution in [0.25, 0.3) is 0 Å². The molecule has 1 saturated heterocycles. The van der Waals surface area contributed by atoms with Crippen molar-refractivity contribution < 1.29 is 14.3 Å². The minimum absolute atomic E-state index is 0.244. The summed E-state index contributed by atoms with van der Waals surface area (Å²) in [7, 11) is 3.14. The predicted octanol–water partition coefficient (Wildman–Crippen LogP) is 3.34. The lowest BCUT2D eigenvalue weighted by Gasteiger charge is -2.28. The molecule has 2 heterocycles. The van der Waals surface area contributed by atoms with Crippen LogP contribution in [0.15, 0.2) is 36.5 Å². The number of rotatable bonds is 5. The second-order valence-electron chi connectivity index (χ2n) is 5.97. The summed E-state index contributed by atoms with van der Waals surface area (Å²) in [5.41, 5.74) is 2.08. The number of anilines is 2. The minimum atomic E-state index is -0.244. The largest absolute Gasteiger partial charge is 0.493 e. The van der Waals surface area contributed by atoms with E-state index in [2.05, 4.69) is 15.2 Å². The Kier molecular flexibility index (Phi) is 5.38. The molecule has 0 bridgehead atoms. The molecular formula is C19H23N3O3. The highest BCUT2D eigenvalue weighted by Gasteiger charge is 2.15. The molecule has 3 rings (SSSR count). The summed E-state index contributed by atoms with van der Waals surface area (Å²) < 4.78 is 10.5. The van der Waals surface area contributed by atoms with Crippen LogP contribution in [-0.4, -0.2) is 38.2 Å². The molecule has 2 aromatic rings. The fourth-order valence-electron chi connectivity index (χ4n) is 3.00. The average Bonchev–Trinajstić information content (AvgIpc) is 2.68. The van der Waals surface area contributed by atoms with Gasteiger partial charge in [-0.2, -0.15) is 0 Å². The molecule has 1 N–H and O–H groups in total. The van der Waals surface area contributed by atoms with Crippen LogP contribution in [0, 0.1) is 0 Å². The van der Waals surface area contributed by atoms with Gasteiger partial charge in [-0.3, -0.25) is 9.78 Å². The molecule has 1 aliphatic rings. The number of hydrogen-bond acceptors (Lipinski definition) is 5. The molecule has 132 valence electrons. The van der Waals surface area contributed by atoms with E-state index in [-0.39, 0.29) is 5.91 Å². The Morgan fingerprint density at radius 1 is 1.04 bits per heavy atom. The summed E-state index contributed by atoms with van der Waals surface area (Å²) in [6.45, 7) is 2.06. The maximum absolute atomic E-state index is 12.5. The number of nitrogens with one attached hydrogen (secondary N) is 1. The van der Waals surface area contributed by atoms with Crippen LogP contribution in [0.2, 0.25) is 0 Å². The van der Waals surface area contributed by atoms with E-state index in [1.165, 1.54) is 19.3 Å². The Labute approximate surface area is 147 Å². The van der Waals surface area contributed by atoms with Crippen LogP contribution in [0.4, 0.5) is 11.4 Å². The number of aromatic nitrogens is 1. The molecule has 1 amide bonds. The van der Waals surface area contributed by atoms with E-state index >= 15 is 0 Å². The first kappa shape index (κ1) is 17.1. The van der Waals surface area contributed by atoms with Gasteiger partial charge in [0.05, 0.1) is 14.2 Å². The number of pyridine rings is 1. The van der Waals surface area contributed by atoms with E-state index in [1.807, 2.05) is 12.1 Å². The second-order valence-corrected chi connectivity index (χ2v) is 5.97. The third kappa shape index (κ3) is 4.02. The first-order chi connectivity index (χ1) is 12.2. The molecule has 0 saturated carbocycles. The highest BCUT2D eigenvalue weighted by atomic mass is 16.5. The lowest BCUT2D eigenvalue weighted by atomic mass is 10.1. The highest BCUT2D eigenvalue weighted by Crippen LogP contribution is 2.30. The topological polar surface area (TPSA) is 63.7 Å². The quantitative estimate of drug-likeness (QED) is 0.904. The van der Waals surface area contributed by atoms with Gasteiger partial charge in [-0.1, -0.05) is 0 Å². The van der Waals surface area contributed by atoms with Gasteiger partial charge in [-0.05, 0) is 43.5 Å². The number of hydrogen-bond donors (Lipinski definition) is 1. The van der Waals surface area contributed by atoms with Gasteiger partial charge in [-0.15, -0.1) is 0 Å². The van der Waals surface area contributed by atoms with Crippen LogP contribution in [-0.2, 0) is 0 Å². The first-order valence-electron chi connectivity index (χ1n) is 8.45. The normalized spacial score (nSPS) is 14.1. The zero-order valence-corrected chi connectivity index (χ0v) is 14.6. The van der Waals surface area contributed by atoms with Crippen molar-refractivity contribution in [3.05, 3.63) is 42.2 Å².